The molecule has 33 heavy (non-hydrogen) atoms. The van der Waals surface area contributed by atoms with E-state index in [1.54, 1.807) is 13.8 Å². The molecular weight excluding hydrogens is 436 g/mol. The van der Waals surface area contributed by atoms with Gasteiger partial charge in [0.25, 0.3) is 0 Å². The van der Waals surface area contributed by atoms with Gasteiger partial charge in [0.15, 0.2) is 5.88 Å². The molecule has 0 unspecified atom stereocenters. The third-order valence-electron chi connectivity index (χ3n) is 5.47. The molecule has 5 rings (SSSR count). The number of hydrogen-bond acceptors (Lipinski definition) is 7. The second kappa shape index (κ2) is 8.60. The molecule has 4 aromatic rings. The van der Waals surface area contributed by atoms with Crippen LogP contribution in [0.15, 0.2) is 88.4 Å². The second-order valence-corrected chi connectivity index (χ2v) is 8.59. The summed E-state index contributed by atoms with van der Waals surface area (Å²) in [6.45, 7) is 3.72. The van der Waals surface area contributed by atoms with Crippen molar-refractivity contribution in [2.24, 2.45) is 5.73 Å². The Labute approximate surface area is 195 Å². The summed E-state index contributed by atoms with van der Waals surface area (Å²) in [5, 5.41) is 0.672. The van der Waals surface area contributed by atoms with Gasteiger partial charge in [-0.3, -0.25) is 0 Å². The Hall–Kier alpha value is -3.84. The molecule has 0 saturated carbocycles. The largest absolute Gasteiger partial charge is 0.463 e. The number of aromatic nitrogens is 1. The summed E-state index contributed by atoms with van der Waals surface area (Å²) in [5.41, 5.74) is 9.14. The average molecular weight is 459 g/mol. The van der Waals surface area contributed by atoms with Crippen molar-refractivity contribution in [1.29, 1.82) is 0 Å². The maximum absolute atomic E-state index is 13.0. The summed E-state index contributed by atoms with van der Waals surface area (Å²) in [5.74, 6) is 0.761. The van der Waals surface area contributed by atoms with Crippen molar-refractivity contribution in [2.45, 2.75) is 19.8 Å². The molecule has 0 fully saturated rings. The lowest BCUT2D eigenvalue weighted by atomic mass is 9.86. The molecule has 6 nitrogen and oxygen atoms in total. The first-order chi connectivity index (χ1) is 16.1. The van der Waals surface area contributed by atoms with E-state index in [1.165, 1.54) is 11.3 Å². The Morgan fingerprint density at radius 1 is 1.09 bits per heavy atom. The van der Waals surface area contributed by atoms with Gasteiger partial charge in [-0.15, -0.1) is 11.3 Å². The zero-order valence-corrected chi connectivity index (χ0v) is 19.0. The van der Waals surface area contributed by atoms with E-state index >= 15 is 0 Å². The minimum absolute atomic E-state index is 0.197. The summed E-state index contributed by atoms with van der Waals surface area (Å²) in [6, 6.07) is 21.4. The van der Waals surface area contributed by atoms with Gasteiger partial charge in [0.2, 0.25) is 0 Å². The molecular formula is C26H22N2O4S. The topological polar surface area (TPSA) is 87.6 Å². The van der Waals surface area contributed by atoms with E-state index in [0.29, 0.717) is 33.4 Å². The van der Waals surface area contributed by atoms with Crippen LogP contribution in [0.1, 0.15) is 30.5 Å². The lowest BCUT2D eigenvalue weighted by Crippen LogP contribution is -2.25. The summed E-state index contributed by atoms with van der Waals surface area (Å²) < 4.78 is 18.5. The van der Waals surface area contributed by atoms with Crippen LogP contribution in [0.4, 0.5) is 0 Å². The molecule has 0 radical (unpaired) electrons. The minimum Gasteiger partial charge on any atom is -0.463 e. The van der Waals surface area contributed by atoms with Crippen LogP contribution in [0.2, 0.25) is 0 Å². The normalized spacial score (nSPS) is 16.2. The number of esters is 1. The molecule has 0 amide bonds. The smallest absolute Gasteiger partial charge is 0.338 e. The molecule has 2 aromatic carbocycles. The molecule has 1 atom stereocenters. The van der Waals surface area contributed by atoms with Crippen molar-refractivity contribution in [2.75, 3.05) is 6.61 Å². The predicted octanol–water partition coefficient (Wildman–Crippen LogP) is 5.83. The highest BCUT2D eigenvalue weighted by Crippen LogP contribution is 2.47. The van der Waals surface area contributed by atoms with Gasteiger partial charge in [-0.05, 0) is 38.1 Å². The van der Waals surface area contributed by atoms with Crippen LogP contribution in [0.5, 0.6) is 0 Å². The Balaban J connectivity index is 1.68. The van der Waals surface area contributed by atoms with Crippen LogP contribution in [0.25, 0.3) is 27.1 Å². The van der Waals surface area contributed by atoms with E-state index in [1.807, 2.05) is 66.7 Å². The molecule has 166 valence electrons. The van der Waals surface area contributed by atoms with E-state index in [9.17, 15) is 4.79 Å². The fourth-order valence-electron chi connectivity index (χ4n) is 4.00. The van der Waals surface area contributed by atoms with Crippen molar-refractivity contribution in [3.05, 3.63) is 94.7 Å². The number of thiazole rings is 1. The van der Waals surface area contributed by atoms with Crippen molar-refractivity contribution in [1.82, 2.24) is 4.98 Å². The molecule has 0 spiro atoms. The highest BCUT2D eigenvalue weighted by molar-refractivity contribution is 7.19. The van der Waals surface area contributed by atoms with Crippen LogP contribution in [-0.2, 0) is 14.3 Å². The van der Waals surface area contributed by atoms with Gasteiger partial charge >= 0.3 is 5.97 Å². The monoisotopic (exact) mass is 458 g/mol. The van der Waals surface area contributed by atoms with Crippen molar-refractivity contribution in [3.8, 4) is 11.3 Å². The number of rotatable bonds is 5. The van der Waals surface area contributed by atoms with Gasteiger partial charge in [-0.1, -0.05) is 42.5 Å². The predicted molar refractivity (Wildman–Crippen MR) is 128 cm³/mol. The number of carbonyl (C=O) groups excluding carboxylic acids is 1. The third kappa shape index (κ3) is 3.81. The zero-order valence-electron chi connectivity index (χ0n) is 18.2. The van der Waals surface area contributed by atoms with Crippen LogP contribution < -0.4 is 5.73 Å². The molecule has 0 saturated heterocycles. The SMILES string of the molecule is CCOC(=O)C1=C(C)OC(N)=C(c2nc3ccccc3s2)[C@H]1c1ccc(-c2ccccc2)o1. The number of furan rings is 1. The molecule has 0 bridgehead atoms. The lowest BCUT2D eigenvalue weighted by Gasteiger charge is -2.27. The Kier molecular flexibility index (Phi) is 5.48. The number of allylic oxidation sites excluding steroid dienone is 2. The van der Waals surface area contributed by atoms with Gasteiger partial charge in [0.1, 0.15) is 22.3 Å². The number of fused-ring (bicyclic) bond motifs is 1. The number of para-hydroxylation sites is 1. The quantitative estimate of drug-likeness (QED) is 0.378. The molecule has 2 N–H and O–H groups in total. The first-order valence-corrected chi connectivity index (χ1v) is 11.4. The van der Waals surface area contributed by atoms with Gasteiger partial charge in [0.05, 0.1) is 33.9 Å². The first kappa shape index (κ1) is 21.0. The minimum atomic E-state index is -0.615. The highest BCUT2D eigenvalue weighted by Gasteiger charge is 2.40. The number of nitrogens with two attached hydrogens (primary N) is 1. The van der Waals surface area contributed by atoms with Crippen molar-refractivity contribution in [3.63, 3.8) is 0 Å². The fraction of sp³-hybridized carbons (Fsp3) is 0.154. The number of ether oxygens (including phenoxy) is 2. The highest BCUT2D eigenvalue weighted by atomic mass is 32.1. The molecule has 1 aliphatic heterocycles. The van der Waals surface area contributed by atoms with E-state index in [4.69, 9.17) is 24.6 Å². The van der Waals surface area contributed by atoms with Gasteiger partial charge in [0, 0.05) is 5.56 Å². The summed E-state index contributed by atoms with van der Waals surface area (Å²) in [4.78, 5) is 17.8. The average Bonchev–Trinajstić information content (AvgIpc) is 3.46. The number of carbonyl (C=O) groups is 1. The van der Waals surface area contributed by atoms with Crippen molar-refractivity contribution < 1.29 is 18.7 Å². The maximum atomic E-state index is 13.0. The molecule has 7 heteroatoms. The number of benzene rings is 2. The van der Waals surface area contributed by atoms with Crippen LogP contribution in [-0.4, -0.2) is 17.6 Å². The van der Waals surface area contributed by atoms with E-state index in [-0.39, 0.29) is 12.5 Å². The fourth-order valence-corrected chi connectivity index (χ4v) is 5.05. The third-order valence-corrected chi connectivity index (χ3v) is 6.54. The molecule has 0 aliphatic carbocycles. The number of hydrogen-bond donors (Lipinski definition) is 1. The second-order valence-electron chi connectivity index (χ2n) is 7.56. The summed E-state index contributed by atoms with van der Waals surface area (Å²) in [6.07, 6.45) is 0. The molecule has 1 aliphatic rings. The Bertz CT molecular complexity index is 1360. The van der Waals surface area contributed by atoms with Crippen LogP contribution >= 0.6 is 11.3 Å². The summed E-state index contributed by atoms with van der Waals surface area (Å²) in [7, 11) is 0. The van der Waals surface area contributed by atoms with E-state index < -0.39 is 11.9 Å². The molecule has 3 heterocycles. The zero-order chi connectivity index (χ0) is 22.9. The van der Waals surface area contributed by atoms with Gasteiger partial charge < -0.3 is 19.6 Å². The van der Waals surface area contributed by atoms with E-state index in [0.717, 1.165) is 15.8 Å². The standard InChI is InChI=1S/C26H22N2O4S/c1-3-30-26(29)21-15(2)31-24(27)23(25-28-17-11-7-8-12-20(17)33-25)22(21)19-14-13-18(32-19)16-9-5-4-6-10-16/h4-14,22H,3,27H2,1-2H3/t22-/m0/s1. The van der Waals surface area contributed by atoms with Crippen LogP contribution in [0, 0.1) is 0 Å². The van der Waals surface area contributed by atoms with Gasteiger partial charge in [-0.2, -0.15) is 0 Å². The van der Waals surface area contributed by atoms with Gasteiger partial charge in [-0.25, -0.2) is 9.78 Å². The molecule has 2 aromatic heterocycles. The van der Waals surface area contributed by atoms with Crippen LogP contribution in [0.3, 0.4) is 0 Å². The first-order valence-electron chi connectivity index (χ1n) is 10.6. The van der Waals surface area contributed by atoms with Crippen molar-refractivity contribution >= 4 is 33.1 Å². The summed E-state index contributed by atoms with van der Waals surface area (Å²) >= 11 is 1.49. The Morgan fingerprint density at radius 3 is 2.61 bits per heavy atom. The van der Waals surface area contributed by atoms with E-state index in [2.05, 4.69) is 0 Å². The number of nitrogens with zero attached hydrogens (tertiary/aromatic N) is 1. The maximum Gasteiger partial charge on any atom is 0.338 e. The lowest BCUT2D eigenvalue weighted by molar-refractivity contribution is -0.139. The Morgan fingerprint density at radius 2 is 1.85 bits per heavy atom.